The summed E-state index contributed by atoms with van der Waals surface area (Å²) >= 11 is 1.86. The van der Waals surface area contributed by atoms with Gasteiger partial charge in [-0.1, -0.05) is 130 Å². The number of hydrogen-bond donors (Lipinski definition) is 0. The van der Waals surface area contributed by atoms with Crippen LogP contribution in [-0.4, -0.2) is 10.3 Å². The van der Waals surface area contributed by atoms with Crippen LogP contribution in [0, 0.1) is 5.92 Å². The molecular formula is C59H42N2OS. The number of rotatable bonds is 4. The number of para-hydroxylation sites is 2. The van der Waals surface area contributed by atoms with Crippen molar-refractivity contribution in [2.45, 2.75) is 32.6 Å². The van der Waals surface area contributed by atoms with Crippen LogP contribution in [0.4, 0.5) is 0 Å². The molecule has 2 aliphatic rings. The van der Waals surface area contributed by atoms with Crippen LogP contribution in [0.3, 0.4) is 0 Å². The SMILES string of the molecule is CC1C/C=C(c2ccccc2)/C=C(/c2ccc3sc4ccc(-n5c6ccccc6c6cc7c(cc65)C(C)(C)c5cc6oc8ccccc8c6cc5-7)cc4c3c2)N=C1c1ccccc1. The molecule has 300 valence electrons. The first-order valence-electron chi connectivity index (χ1n) is 22.0. The van der Waals surface area contributed by atoms with Crippen LogP contribution in [0.2, 0.25) is 0 Å². The third kappa shape index (κ3) is 5.54. The second-order valence-electron chi connectivity index (χ2n) is 17.9. The summed E-state index contributed by atoms with van der Waals surface area (Å²) in [5, 5.41) is 7.37. The van der Waals surface area contributed by atoms with E-state index in [0.717, 1.165) is 45.6 Å². The topological polar surface area (TPSA) is 30.4 Å². The second-order valence-corrected chi connectivity index (χ2v) is 19.0. The first kappa shape index (κ1) is 36.4. The summed E-state index contributed by atoms with van der Waals surface area (Å²) in [4.78, 5) is 5.54. The van der Waals surface area contributed by atoms with E-state index in [1.807, 2.05) is 17.4 Å². The maximum atomic E-state index is 6.41. The van der Waals surface area contributed by atoms with Gasteiger partial charge in [0.1, 0.15) is 11.2 Å². The van der Waals surface area contributed by atoms with Crippen molar-refractivity contribution in [1.82, 2.24) is 4.57 Å². The summed E-state index contributed by atoms with van der Waals surface area (Å²) in [6.07, 6.45) is 5.60. The highest BCUT2D eigenvalue weighted by Gasteiger charge is 2.37. The normalized spacial score (nSPS) is 17.7. The third-order valence-electron chi connectivity index (χ3n) is 13.8. The molecule has 0 fully saturated rings. The minimum absolute atomic E-state index is 0.209. The Labute approximate surface area is 369 Å². The minimum Gasteiger partial charge on any atom is -0.456 e. The minimum atomic E-state index is -0.209. The van der Waals surface area contributed by atoms with Crippen molar-refractivity contribution in [3.8, 4) is 16.8 Å². The Morgan fingerprint density at radius 2 is 1.22 bits per heavy atom. The molecule has 1 atom stereocenters. The number of thiophene rings is 1. The lowest BCUT2D eigenvalue weighted by atomic mass is 9.82. The van der Waals surface area contributed by atoms with Crippen molar-refractivity contribution in [2.75, 3.05) is 0 Å². The molecule has 1 aliphatic carbocycles. The largest absolute Gasteiger partial charge is 0.456 e. The van der Waals surface area contributed by atoms with Crippen molar-refractivity contribution in [2.24, 2.45) is 10.9 Å². The molecule has 3 nitrogen and oxygen atoms in total. The maximum absolute atomic E-state index is 6.41. The standard InChI is InChI=1S/C59H42N2OS/c1-35-22-23-38(36-14-6-4-7-15-36)29-51(60-58(35)37-16-8-5-9-17-37)39-24-26-56-47(28-39)48-30-40(25-27-57(48)63-56)61-52-20-12-10-18-41(52)45-31-43-44-32-46-42-19-11-13-21-54(42)62-55(46)34-50(44)59(2,3)49(43)33-53(45)61/h4-21,23-35H,22H2,1-3H3/b38-23-,51-29-,60-58?. The fraction of sp³-hybridized carbons (Fsp3) is 0.102. The molecule has 0 amide bonds. The smallest absolute Gasteiger partial charge is 0.135 e. The van der Waals surface area contributed by atoms with Crippen LogP contribution in [-0.2, 0) is 5.41 Å². The average Bonchev–Trinajstić information content (AvgIpc) is 4.03. The van der Waals surface area contributed by atoms with Crippen LogP contribution in [0.15, 0.2) is 191 Å². The van der Waals surface area contributed by atoms with Crippen LogP contribution in [0.1, 0.15) is 55.0 Å². The van der Waals surface area contributed by atoms with E-state index in [1.165, 1.54) is 86.3 Å². The number of nitrogens with zero attached hydrogens (tertiary/aromatic N) is 2. The highest BCUT2D eigenvalue weighted by Crippen LogP contribution is 2.53. The number of benzene rings is 8. The lowest BCUT2D eigenvalue weighted by Gasteiger charge is -2.21. The molecule has 11 aromatic rings. The Bertz CT molecular complexity index is 3800. The van der Waals surface area contributed by atoms with E-state index in [2.05, 4.69) is 201 Å². The molecule has 0 saturated heterocycles. The zero-order chi connectivity index (χ0) is 42.0. The summed E-state index contributed by atoms with van der Waals surface area (Å²) < 4.78 is 11.5. The molecule has 63 heavy (non-hydrogen) atoms. The van der Waals surface area contributed by atoms with E-state index in [9.17, 15) is 0 Å². The molecule has 0 radical (unpaired) electrons. The maximum Gasteiger partial charge on any atom is 0.135 e. The molecular weight excluding hydrogens is 785 g/mol. The van der Waals surface area contributed by atoms with E-state index in [4.69, 9.17) is 9.41 Å². The third-order valence-corrected chi connectivity index (χ3v) is 15.0. The lowest BCUT2D eigenvalue weighted by Crippen LogP contribution is -2.15. The van der Waals surface area contributed by atoms with Crippen molar-refractivity contribution in [1.29, 1.82) is 0 Å². The highest BCUT2D eigenvalue weighted by atomic mass is 32.1. The van der Waals surface area contributed by atoms with Crippen LogP contribution in [0.5, 0.6) is 0 Å². The van der Waals surface area contributed by atoms with Crippen LogP contribution in [0.25, 0.3) is 92.0 Å². The molecule has 8 aromatic carbocycles. The molecule has 4 heterocycles. The Balaban J connectivity index is 0.989. The summed E-state index contributed by atoms with van der Waals surface area (Å²) in [6.45, 7) is 7.03. The molecule has 3 aromatic heterocycles. The van der Waals surface area contributed by atoms with Gasteiger partial charge < -0.3 is 8.98 Å². The summed E-state index contributed by atoms with van der Waals surface area (Å²) in [6, 6.07) is 62.3. The van der Waals surface area contributed by atoms with E-state index >= 15 is 0 Å². The van der Waals surface area contributed by atoms with Gasteiger partial charge in [-0.2, -0.15) is 0 Å². The van der Waals surface area contributed by atoms with Gasteiger partial charge in [0.15, 0.2) is 0 Å². The Hall–Kier alpha value is -7.27. The van der Waals surface area contributed by atoms with Crippen LogP contribution >= 0.6 is 11.3 Å². The Morgan fingerprint density at radius 3 is 2.03 bits per heavy atom. The molecule has 0 saturated carbocycles. The second kappa shape index (κ2) is 13.6. The summed E-state index contributed by atoms with van der Waals surface area (Å²) in [5.74, 6) is 0.252. The lowest BCUT2D eigenvalue weighted by molar-refractivity contribution is 0.647. The van der Waals surface area contributed by atoms with Gasteiger partial charge in [-0.05, 0) is 118 Å². The van der Waals surface area contributed by atoms with E-state index in [0.29, 0.717) is 0 Å². The first-order valence-corrected chi connectivity index (χ1v) is 22.8. The number of fused-ring (bicyclic) bond motifs is 12. The number of allylic oxidation sites excluding steroid dienone is 3. The van der Waals surface area contributed by atoms with Gasteiger partial charge in [-0.3, -0.25) is 4.99 Å². The molecule has 0 bridgehead atoms. The number of hydrogen-bond acceptors (Lipinski definition) is 3. The van der Waals surface area contributed by atoms with Crippen molar-refractivity contribution >= 4 is 92.2 Å². The Morgan fingerprint density at radius 1 is 0.556 bits per heavy atom. The quantitative estimate of drug-likeness (QED) is 0.174. The van der Waals surface area contributed by atoms with Gasteiger partial charge in [0.25, 0.3) is 0 Å². The van der Waals surface area contributed by atoms with Crippen molar-refractivity contribution < 1.29 is 4.42 Å². The molecule has 4 heteroatoms. The molecule has 13 rings (SSSR count). The molecule has 1 unspecified atom stereocenters. The summed E-state index contributed by atoms with van der Waals surface area (Å²) in [5.41, 5.74) is 17.3. The van der Waals surface area contributed by atoms with Gasteiger partial charge in [0.05, 0.1) is 22.4 Å². The Kier molecular flexibility index (Phi) is 7.86. The molecule has 0 N–H and O–H groups in total. The van der Waals surface area contributed by atoms with Crippen molar-refractivity contribution in [3.63, 3.8) is 0 Å². The number of aromatic nitrogens is 1. The van der Waals surface area contributed by atoms with Gasteiger partial charge in [-0.25, -0.2) is 0 Å². The number of furan rings is 1. The predicted octanol–water partition coefficient (Wildman–Crippen LogP) is 16.3. The zero-order valence-electron chi connectivity index (χ0n) is 35.3. The average molecular weight is 827 g/mol. The first-order chi connectivity index (χ1) is 30.9. The summed E-state index contributed by atoms with van der Waals surface area (Å²) in [7, 11) is 0. The van der Waals surface area contributed by atoms with Crippen LogP contribution < -0.4 is 0 Å². The predicted molar refractivity (Wildman–Crippen MR) is 268 cm³/mol. The fourth-order valence-electron chi connectivity index (χ4n) is 10.6. The van der Waals surface area contributed by atoms with Crippen molar-refractivity contribution in [3.05, 3.63) is 210 Å². The van der Waals surface area contributed by atoms with Gasteiger partial charge in [0, 0.05) is 64.3 Å². The highest BCUT2D eigenvalue weighted by molar-refractivity contribution is 7.25. The zero-order valence-corrected chi connectivity index (χ0v) is 36.1. The monoisotopic (exact) mass is 826 g/mol. The fourth-order valence-corrected chi connectivity index (χ4v) is 11.7. The van der Waals surface area contributed by atoms with E-state index in [1.54, 1.807) is 0 Å². The van der Waals surface area contributed by atoms with E-state index in [-0.39, 0.29) is 11.3 Å². The van der Waals surface area contributed by atoms with E-state index < -0.39 is 0 Å². The van der Waals surface area contributed by atoms with Gasteiger partial charge in [-0.15, -0.1) is 11.3 Å². The molecule has 1 aliphatic heterocycles. The van der Waals surface area contributed by atoms with Gasteiger partial charge in [0.2, 0.25) is 0 Å². The molecule has 0 spiro atoms. The van der Waals surface area contributed by atoms with Gasteiger partial charge >= 0.3 is 0 Å². The number of aliphatic imine (C=N–C) groups is 1.